The third-order valence-corrected chi connectivity index (χ3v) is 2.93. The highest BCUT2D eigenvalue weighted by Gasteiger charge is 2.35. The summed E-state index contributed by atoms with van der Waals surface area (Å²) < 4.78 is 5.16. The molecule has 1 atom stereocenters. The van der Waals surface area contributed by atoms with Gasteiger partial charge in [0.15, 0.2) is 0 Å². The molecule has 1 unspecified atom stereocenters. The predicted molar refractivity (Wildman–Crippen MR) is 63.7 cm³/mol. The van der Waals surface area contributed by atoms with Crippen molar-refractivity contribution in [2.24, 2.45) is 5.41 Å². The van der Waals surface area contributed by atoms with Crippen LogP contribution in [0.15, 0.2) is 12.7 Å². The summed E-state index contributed by atoms with van der Waals surface area (Å²) in [6.07, 6.45) is 6.47. The van der Waals surface area contributed by atoms with Gasteiger partial charge in [-0.05, 0) is 26.2 Å². The first-order chi connectivity index (χ1) is 7.16. The maximum absolute atomic E-state index is 11.9. The van der Waals surface area contributed by atoms with Gasteiger partial charge in [-0.3, -0.25) is 4.79 Å². The number of allylic oxidation sites excluding steroid dienone is 1. The van der Waals surface area contributed by atoms with Gasteiger partial charge in [-0.25, -0.2) is 0 Å². The Bertz CT molecular complexity index is 199. The highest BCUT2D eigenvalue weighted by atomic mass is 16.5. The molecule has 0 heterocycles. The molecule has 0 amide bonds. The number of rotatable bonds is 8. The van der Waals surface area contributed by atoms with E-state index in [9.17, 15) is 4.79 Å². The number of unbranched alkanes of at least 4 members (excludes halogenated alkanes) is 1. The second-order valence-corrected chi connectivity index (χ2v) is 3.95. The van der Waals surface area contributed by atoms with E-state index in [4.69, 9.17) is 4.74 Å². The van der Waals surface area contributed by atoms with Crippen molar-refractivity contribution < 1.29 is 9.53 Å². The normalized spacial score (nSPS) is 14.3. The van der Waals surface area contributed by atoms with Crippen LogP contribution in [0.25, 0.3) is 0 Å². The molecule has 0 aromatic carbocycles. The van der Waals surface area contributed by atoms with Gasteiger partial charge in [0.2, 0.25) is 0 Å². The molecule has 0 fully saturated rings. The third-order valence-electron chi connectivity index (χ3n) is 2.93. The lowest BCUT2D eigenvalue weighted by Gasteiger charge is -2.29. The number of carbonyl (C=O) groups is 1. The van der Waals surface area contributed by atoms with Crippen LogP contribution < -0.4 is 0 Å². The van der Waals surface area contributed by atoms with Crippen LogP contribution in [0.4, 0.5) is 0 Å². The molecule has 0 N–H and O–H groups in total. The Morgan fingerprint density at radius 3 is 2.47 bits per heavy atom. The molecule has 2 heteroatoms. The molecule has 0 aliphatic rings. The highest BCUT2D eigenvalue weighted by Crippen LogP contribution is 2.34. The molecule has 0 bridgehead atoms. The SMILES string of the molecule is C=CCC(CC)(CCCC)C(=O)OCC. The summed E-state index contributed by atoms with van der Waals surface area (Å²) in [5.74, 6) is -0.0548. The quantitative estimate of drug-likeness (QED) is 0.453. The van der Waals surface area contributed by atoms with Gasteiger partial charge < -0.3 is 4.74 Å². The average molecular weight is 212 g/mol. The van der Waals surface area contributed by atoms with Gasteiger partial charge in [0, 0.05) is 0 Å². The number of hydrogen-bond acceptors (Lipinski definition) is 2. The van der Waals surface area contributed by atoms with Crippen molar-refractivity contribution in [3.8, 4) is 0 Å². The lowest BCUT2D eigenvalue weighted by atomic mass is 9.77. The molecule has 0 aliphatic carbocycles. The van der Waals surface area contributed by atoms with Crippen LogP contribution in [0.5, 0.6) is 0 Å². The molecule has 0 saturated heterocycles. The van der Waals surface area contributed by atoms with Crippen molar-refractivity contribution in [1.82, 2.24) is 0 Å². The maximum Gasteiger partial charge on any atom is 0.312 e. The number of hydrogen-bond donors (Lipinski definition) is 0. The summed E-state index contributed by atoms with van der Waals surface area (Å²) in [6, 6.07) is 0. The molecule has 15 heavy (non-hydrogen) atoms. The van der Waals surface area contributed by atoms with Gasteiger partial charge >= 0.3 is 5.97 Å². The van der Waals surface area contributed by atoms with E-state index in [-0.39, 0.29) is 11.4 Å². The molecular weight excluding hydrogens is 188 g/mol. The zero-order chi connectivity index (χ0) is 11.7. The molecule has 0 aliphatic heterocycles. The minimum absolute atomic E-state index is 0.0548. The second kappa shape index (κ2) is 7.49. The fraction of sp³-hybridized carbons (Fsp3) is 0.769. The van der Waals surface area contributed by atoms with Crippen molar-refractivity contribution in [2.45, 2.75) is 52.9 Å². The van der Waals surface area contributed by atoms with Gasteiger partial charge in [-0.2, -0.15) is 0 Å². The summed E-state index contributed by atoms with van der Waals surface area (Å²) in [5.41, 5.74) is -0.326. The third kappa shape index (κ3) is 4.06. The minimum Gasteiger partial charge on any atom is -0.466 e. The van der Waals surface area contributed by atoms with E-state index in [1.165, 1.54) is 0 Å². The fourth-order valence-electron chi connectivity index (χ4n) is 1.83. The molecular formula is C13H24O2. The van der Waals surface area contributed by atoms with Gasteiger partial charge in [-0.15, -0.1) is 6.58 Å². The minimum atomic E-state index is -0.326. The maximum atomic E-state index is 11.9. The molecule has 0 aromatic heterocycles. The van der Waals surface area contributed by atoms with Crippen LogP contribution in [-0.2, 0) is 9.53 Å². The van der Waals surface area contributed by atoms with Crippen molar-refractivity contribution in [3.05, 3.63) is 12.7 Å². The van der Waals surface area contributed by atoms with Crippen LogP contribution in [0.3, 0.4) is 0 Å². The summed E-state index contributed by atoms with van der Waals surface area (Å²) in [7, 11) is 0. The molecule has 88 valence electrons. The zero-order valence-electron chi connectivity index (χ0n) is 10.3. The molecule has 0 saturated carbocycles. The van der Waals surface area contributed by atoms with E-state index in [2.05, 4.69) is 20.4 Å². The van der Waals surface area contributed by atoms with Gasteiger partial charge in [0.25, 0.3) is 0 Å². The van der Waals surface area contributed by atoms with Crippen LogP contribution in [0.1, 0.15) is 52.9 Å². The number of esters is 1. The first-order valence-electron chi connectivity index (χ1n) is 5.95. The average Bonchev–Trinajstić information content (AvgIpc) is 2.24. The van der Waals surface area contributed by atoms with Crippen LogP contribution >= 0.6 is 0 Å². The Morgan fingerprint density at radius 2 is 2.07 bits per heavy atom. The zero-order valence-corrected chi connectivity index (χ0v) is 10.3. The first-order valence-corrected chi connectivity index (χ1v) is 5.95. The smallest absolute Gasteiger partial charge is 0.312 e. The predicted octanol–water partition coefficient (Wildman–Crippen LogP) is 3.71. The summed E-state index contributed by atoms with van der Waals surface area (Å²) in [4.78, 5) is 11.9. The standard InChI is InChI=1S/C13H24O2/c1-5-9-11-13(7-3,10-6-2)12(14)15-8-4/h6H,2,5,7-11H2,1,3-4H3. The lowest BCUT2D eigenvalue weighted by Crippen LogP contribution is -2.32. The van der Waals surface area contributed by atoms with Crippen LogP contribution in [0.2, 0.25) is 0 Å². The van der Waals surface area contributed by atoms with E-state index in [1.807, 2.05) is 13.0 Å². The van der Waals surface area contributed by atoms with Crippen molar-refractivity contribution in [3.63, 3.8) is 0 Å². The van der Waals surface area contributed by atoms with Crippen molar-refractivity contribution >= 4 is 5.97 Å². The summed E-state index contributed by atoms with van der Waals surface area (Å²) in [5, 5.41) is 0. The molecule has 0 rings (SSSR count). The Labute approximate surface area is 93.7 Å². The Balaban J connectivity index is 4.61. The van der Waals surface area contributed by atoms with E-state index in [0.717, 1.165) is 32.1 Å². The molecule has 2 nitrogen and oxygen atoms in total. The molecule has 0 radical (unpaired) electrons. The van der Waals surface area contributed by atoms with E-state index < -0.39 is 0 Å². The topological polar surface area (TPSA) is 26.3 Å². The van der Waals surface area contributed by atoms with Crippen LogP contribution in [0, 0.1) is 5.41 Å². The van der Waals surface area contributed by atoms with Crippen molar-refractivity contribution in [2.75, 3.05) is 6.61 Å². The molecule has 0 aromatic rings. The van der Waals surface area contributed by atoms with Gasteiger partial charge in [0.05, 0.1) is 12.0 Å². The number of ether oxygens (including phenoxy) is 1. The number of carbonyl (C=O) groups excluding carboxylic acids is 1. The Kier molecular flexibility index (Phi) is 7.10. The monoisotopic (exact) mass is 212 g/mol. The van der Waals surface area contributed by atoms with Crippen molar-refractivity contribution in [1.29, 1.82) is 0 Å². The van der Waals surface area contributed by atoms with Crippen LogP contribution in [-0.4, -0.2) is 12.6 Å². The summed E-state index contributed by atoms with van der Waals surface area (Å²) >= 11 is 0. The lowest BCUT2D eigenvalue weighted by molar-refractivity contribution is -0.156. The molecule has 0 spiro atoms. The highest BCUT2D eigenvalue weighted by molar-refractivity contribution is 5.77. The van der Waals surface area contributed by atoms with E-state index in [1.54, 1.807) is 0 Å². The Hall–Kier alpha value is -0.790. The second-order valence-electron chi connectivity index (χ2n) is 3.95. The first kappa shape index (κ1) is 14.2. The van der Waals surface area contributed by atoms with Gasteiger partial charge in [0.1, 0.15) is 0 Å². The van der Waals surface area contributed by atoms with E-state index >= 15 is 0 Å². The largest absolute Gasteiger partial charge is 0.466 e. The fourth-order valence-corrected chi connectivity index (χ4v) is 1.83. The van der Waals surface area contributed by atoms with Gasteiger partial charge in [-0.1, -0.05) is 32.8 Å². The van der Waals surface area contributed by atoms with E-state index in [0.29, 0.717) is 6.61 Å². The summed E-state index contributed by atoms with van der Waals surface area (Å²) in [6.45, 7) is 10.2. The Morgan fingerprint density at radius 1 is 1.40 bits per heavy atom.